The molecule has 3 aromatic carbocycles. The third-order valence-corrected chi connectivity index (χ3v) is 12.5. The first-order valence-corrected chi connectivity index (χ1v) is 19.1. The van der Waals surface area contributed by atoms with Crippen molar-refractivity contribution >= 4 is 50.0 Å². The van der Waals surface area contributed by atoms with E-state index < -0.39 is 39.7 Å². The van der Waals surface area contributed by atoms with Crippen LogP contribution in [0.3, 0.4) is 0 Å². The van der Waals surface area contributed by atoms with Gasteiger partial charge in [-0.2, -0.15) is 8.42 Å². The average Bonchev–Trinajstić information content (AvgIpc) is 3.56. The lowest BCUT2D eigenvalue weighted by molar-refractivity contribution is -0.128. The van der Waals surface area contributed by atoms with Gasteiger partial charge in [0.25, 0.3) is 0 Å². The Labute approximate surface area is 300 Å². The summed E-state index contributed by atoms with van der Waals surface area (Å²) in [5.74, 6) is -0.843. The molecule has 4 heterocycles. The molecule has 0 radical (unpaired) electrons. The number of aliphatic hydroxyl groups excluding tert-OH is 1. The highest BCUT2D eigenvalue weighted by Crippen LogP contribution is 2.40. The van der Waals surface area contributed by atoms with Crippen molar-refractivity contribution in [3.63, 3.8) is 0 Å². The summed E-state index contributed by atoms with van der Waals surface area (Å²) in [4.78, 5) is 38.5. The van der Waals surface area contributed by atoms with Crippen LogP contribution < -0.4 is 20.0 Å². The summed E-state index contributed by atoms with van der Waals surface area (Å²) in [5.41, 5.74) is 2.07. The summed E-state index contributed by atoms with van der Waals surface area (Å²) in [6, 6.07) is 11.7. The molecule has 1 aromatic heterocycles. The third kappa shape index (κ3) is 6.58. The van der Waals surface area contributed by atoms with Gasteiger partial charge in [0.1, 0.15) is 23.4 Å². The molecule has 3 fully saturated rings. The molecule has 7 rings (SSSR count). The first-order valence-electron chi connectivity index (χ1n) is 17.7. The summed E-state index contributed by atoms with van der Waals surface area (Å²) >= 11 is 0. The number of aryl methyl sites for hydroxylation is 1. The first kappa shape index (κ1) is 35.7. The number of hydrogen-bond acceptors (Lipinski definition) is 9. The number of imidazole rings is 1. The number of nitrogens with zero attached hydrogens (tertiary/aromatic N) is 5. The van der Waals surface area contributed by atoms with Crippen LogP contribution >= 0.6 is 0 Å². The number of benzene rings is 3. The summed E-state index contributed by atoms with van der Waals surface area (Å²) in [7, 11) is -2.54. The highest BCUT2D eigenvalue weighted by molar-refractivity contribution is 7.91. The number of amides is 2. The third-order valence-electron chi connectivity index (χ3n) is 10.7. The Kier molecular flexibility index (Phi) is 9.89. The maximum Gasteiger partial charge on any atom is 0.329 e. The molecule has 2 amide bonds. The Bertz CT molecular complexity index is 2180. The summed E-state index contributed by atoms with van der Waals surface area (Å²) in [6.45, 7) is 3.03. The zero-order valence-corrected chi connectivity index (χ0v) is 29.7. The number of rotatable bonds is 11. The predicted molar refractivity (Wildman–Crippen MR) is 192 cm³/mol. The molecule has 0 aliphatic carbocycles. The van der Waals surface area contributed by atoms with Crippen molar-refractivity contribution in [2.75, 3.05) is 43.6 Å². The van der Waals surface area contributed by atoms with Crippen molar-refractivity contribution in [1.82, 2.24) is 23.7 Å². The van der Waals surface area contributed by atoms with Gasteiger partial charge in [-0.25, -0.2) is 17.8 Å². The zero-order chi connectivity index (χ0) is 36.7. The van der Waals surface area contributed by atoms with Crippen LogP contribution in [0.2, 0.25) is 0 Å². The van der Waals surface area contributed by atoms with Gasteiger partial charge in [0, 0.05) is 18.9 Å². The van der Waals surface area contributed by atoms with E-state index in [9.17, 15) is 33.0 Å². The second kappa shape index (κ2) is 14.4. The summed E-state index contributed by atoms with van der Waals surface area (Å²) < 4.78 is 51.3. The molecule has 0 spiro atoms. The molecule has 14 nitrogen and oxygen atoms in total. The molecule has 0 bridgehead atoms. The Morgan fingerprint density at radius 3 is 2.50 bits per heavy atom. The topological polar surface area (TPSA) is 167 Å². The number of aromatic nitrogens is 2. The Morgan fingerprint density at radius 1 is 0.981 bits per heavy atom. The van der Waals surface area contributed by atoms with E-state index in [0.717, 1.165) is 62.8 Å². The number of nitrogens with one attached hydrogen (secondary N) is 1. The number of carbonyl (C=O) groups is 2. The molecule has 3 N–H and O–H groups in total. The van der Waals surface area contributed by atoms with Crippen molar-refractivity contribution < 1.29 is 37.3 Å². The molecule has 3 aliphatic rings. The predicted octanol–water partition coefficient (Wildman–Crippen LogP) is 3.06. The van der Waals surface area contributed by atoms with Gasteiger partial charge in [-0.15, -0.1) is 0 Å². The maximum atomic E-state index is 15.6. The van der Waals surface area contributed by atoms with E-state index in [1.54, 1.807) is 28.3 Å². The number of fused-ring (bicyclic) bond motifs is 2. The number of anilines is 1. The van der Waals surface area contributed by atoms with Crippen molar-refractivity contribution in [2.45, 2.75) is 63.1 Å². The number of phenolic OH excluding ortho intramolecular Hbond substituents is 1. The van der Waals surface area contributed by atoms with E-state index in [2.05, 4.69) is 22.3 Å². The van der Waals surface area contributed by atoms with E-state index in [1.807, 2.05) is 6.07 Å². The van der Waals surface area contributed by atoms with Gasteiger partial charge in [0.2, 0.25) is 12.3 Å². The molecule has 3 aliphatic heterocycles. The number of aliphatic hydroxyl groups is 1. The van der Waals surface area contributed by atoms with Crippen molar-refractivity contribution in [1.29, 1.82) is 0 Å². The zero-order valence-electron chi connectivity index (χ0n) is 28.9. The van der Waals surface area contributed by atoms with Crippen LogP contribution in [0.4, 0.5) is 10.1 Å². The lowest BCUT2D eigenvalue weighted by Crippen LogP contribution is -2.47. The second-order valence-electron chi connectivity index (χ2n) is 13.8. The molecule has 16 heteroatoms. The van der Waals surface area contributed by atoms with Gasteiger partial charge < -0.3 is 25.2 Å². The minimum absolute atomic E-state index is 0.103. The number of hydrogen-bond donors (Lipinski definition) is 3. The van der Waals surface area contributed by atoms with Gasteiger partial charge in [-0.3, -0.25) is 18.7 Å². The van der Waals surface area contributed by atoms with Crippen molar-refractivity contribution in [3.8, 4) is 11.5 Å². The Hall–Kier alpha value is -4.67. The standard InChI is InChI=1S/C36H43FN6O8S/c1-39-30-19-24(6-8-28(30)43(36(39)48)29-9-10-32(46)38-35(29)47)23-11-14-40(15-12-23)13-3-2-4-18-51-26-7-5-25-20-31(45)34(33(37)27(25)21-26)42-17-16-41(22-44)52(42,49)50/h5-8,19-23,29,35,45,47H,2-4,9-18H2,1H3,(H,38,46). The number of unbranched alkanes of at least 4 members (excludes halogenated alkanes) is 2. The number of carbonyl (C=O) groups excluding carboxylic acids is 2. The van der Waals surface area contributed by atoms with Gasteiger partial charge in [-0.1, -0.05) is 12.1 Å². The quantitative estimate of drug-likeness (QED) is 0.155. The molecule has 4 aromatic rings. The monoisotopic (exact) mass is 738 g/mol. The highest BCUT2D eigenvalue weighted by atomic mass is 32.2. The van der Waals surface area contributed by atoms with Crippen LogP contribution in [0.5, 0.6) is 11.5 Å². The second-order valence-corrected chi connectivity index (χ2v) is 15.6. The van der Waals surface area contributed by atoms with Crippen LogP contribution in [-0.2, 0) is 26.8 Å². The molecular formula is C36H43FN6O8S. The van der Waals surface area contributed by atoms with E-state index in [0.29, 0.717) is 38.7 Å². The van der Waals surface area contributed by atoms with Crippen LogP contribution in [0, 0.1) is 5.82 Å². The fraction of sp³-hybridized carbons (Fsp3) is 0.472. The average molecular weight is 739 g/mol. The first-order chi connectivity index (χ1) is 25.0. The molecule has 52 heavy (non-hydrogen) atoms. The fourth-order valence-corrected chi connectivity index (χ4v) is 9.20. The number of halogens is 1. The highest BCUT2D eigenvalue weighted by Gasteiger charge is 2.39. The summed E-state index contributed by atoms with van der Waals surface area (Å²) in [5, 5.41) is 24.0. The Morgan fingerprint density at radius 2 is 1.77 bits per heavy atom. The number of phenols is 1. The van der Waals surface area contributed by atoms with Gasteiger partial charge in [-0.05, 0) is 105 Å². The van der Waals surface area contributed by atoms with E-state index >= 15 is 4.39 Å². The van der Waals surface area contributed by atoms with Crippen LogP contribution in [0.1, 0.15) is 62.5 Å². The van der Waals surface area contributed by atoms with Crippen molar-refractivity contribution in [2.24, 2.45) is 7.05 Å². The summed E-state index contributed by atoms with van der Waals surface area (Å²) in [6.07, 6.45) is 4.49. The maximum absolute atomic E-state index is 15.6. The smallest absolute Gasteiger partial charge is 0.329 e. The number of likely N-dealkylation sites (tertiary alicyclic amines) is 1. The van der Waals surface area contributed by atoms with Crippen molar-refractivity contribution in [3.05, 3.63) is 64.3 Å². The molecule has 278 valence electrons. The van der Waals surface area contributed by atoms with Gasteiger partial charge >= 0.3 is 15.9 Å². The molecule has 2 atom stereocenters. The largest absolute Gasteiger partial charge is 0.506 e. The molecular weight excluding hydrogens is 695 g/mol. The SMILES string of the molecule is Cn1c(=O)n(C2CCC(=O)NC2O)c2ccc(C3CCN(CCCCCOc4ccc5cc(O)c(N6CCN(C=O)S6(=O)=O)c(F)c5c4)CC3)cc21. The lowest BCUT2D eigenvalue weighted by Gasteiger charge is -2.32. The lowest BCUT2D eigenvalue weighted by atomic mass is 9.89. The van der Waals surface area contributed by atoms with Crippen LogP contribution in [-0.4, -0.2) is 94.8 Å². The van der Waals surface area contributed by atoms with E-state index in [1.165, 1.54) is 17.7 Å². The van der Waals surface area contributed by atoms with E-state index in [-0.39, 0.29) is 42.9 Å². The minimum atomic E-state index is -4.28. The normalized spacial score (nSPS) is 21.2. The Balaban J connectivity index is 0.886. The van der Waals surface area contributed by atoms with Gasteiger partial charge in [0.05, 0.1) is 36.8 Å². The fourth-order valence-electron chi connectivity index (χ4n) is 7.80. The van der Waals surface area contributed by atoms with Gasteiger partial charge in [0.15, 0.2) is 5.82 Å². The van der Waals surface area contributed by atoms with Crippen LogP contribution in [0.25, 0.3) is 21.8 Å². The number of ether oxygens (including phenoxy) is 1. The van der Waals surface area contributed by atoms with Crippen LogP contribution in [0.15, 0.2) is 47.3 Å². The number of aromatic hydroxyl groups is 1. The molecule has 3 saturated heterocycles. The molecule has 0 saturated carbocycles. The minimum Gasteiger partial charge on any atom is -0.506 e. The molecule has 2 unspecified atom stereocenters. The number of piperidine rings is 2. The van der Waals surface area contributed by atoms with E-state index in [4.69, 9.17) is 4.74 Å².